The standard InChI is InChI=1S/C23H27F2N5O5S/c1-4-35-29-21(31)15-12-26-20(28-22(32)16-11-23(16,24)25)10-18(15)27-17-8-7-14(13-5-6-13)9-19(17)30(2)36(3,33)34/h7-10,12-13,16H,4-6,11H2,1-3H3,(H,29,31)(H2,26,27,28,32). The van der Waals surface area contributed by atoms with E-state index in [-0.39, 0.29) is 23.7 Å². The number of aromatic nitrogens is 1. The Bertz CT molecular complexity index is 1300. The average molecular weight is 524 g/mol. The molecule has 1 aromatic heterocycles. The van der Waals surface area contributed by atoms with Crippen molar-refractivity contribution in [3.8, 4) is 0 Å². The summed E-state index contributed by atoms with van der Waals surface area (Å²) in [5.74, 6) is -5.69. The third-order valence-corrected chi connectivity index (χ3v) is 7.22. The number of alkyl halides is 2. The molecule has 0 spiro atoms. The summed E-state index contributed by atoms with van der Waals surface area (Å²) < 4.78 is 52.4. The third kappa shape index (κ3) is 5.73. The van der Waals surface area contributed by atoms with E-state index < -0.39 is 40.1 Å². The second-order valence-electron chi connectivity index (χ2n) is 8.89. The lowest BCUT2D eigenvalue weighted by Crippen LogP contribution is -2.26. The Labute approximate surface area is 207 Å². The third-order valence-electron chi connectivity index (χ3n) is 6.03. The van der Waals surface area contributed by atoms with Crippen molar-refractivity contribution >= 4 is 44.7 Å². The van der Waals surface area contributed by atoms with Crippen molar-refractivity contribution < 1.29 is 31.6 Å². The summed E-state index contributed by atoms with van der Waals surface area (Å²) >= 11 is 0. The van der Waals surface area contributed by atoms with Crippen LogP contribution in [0.15, 0.2) is 30.5 Å². The molecule has 0 radical (unpaired) electrons. The number of hydrogen-bond donors (Lipinski definition) is 3. The van der Waals surface area contributed by atoms with Gasteiger partial charge in [-0.25, -0.2) is 27.7 Å². The monoisotopic (exact) mass is 523 g/mol. The number of amides is 2. The Kier molecular flexibility index (Phi) is 6.88. The van der Waals surface area contributed by atoms with E-state index in [9.17, 15) is 26.8 Å². The first-order valence-electron chi connectivity index (χ1n) is 11.4. The van der Waals surface area contributed by atoms with E-state index in [0.717, 1.165) is 35.2 Å². The van der Waals surface area contributed by atoms with Gasteiger partial charge in [0.2, 0.25) is 15.9 Å². The number of hydroxylamine groups is 1. The van der Waals surface area contributed by atoms with Crippen LogP contribution in [0, 0.1) is 5.92 Å². The molecule has 0 bridgehead atoms. The van der Waals surface area contributed by atoms with E-state index in [0.29, 0.717) is 17.3 Å². The Balaban J connectivity index is 1.70. The van der Waals surface area contributed by atoms with Crippen molar-refractivity contribution in [2.24, 2.45) is 5.92 Å². The van der Waals surface area contributed by atoms with Crippen LogP contribution in [-0.4, -0.2) is 51.0 Å². The lowest BCUT2D eigenvalue weighted by molar-refractivity contribution is -0.119. The first-order chi connectivity index (χ1) is 16.9. The first-order valence-corrected chi connectivity index (χ1v) is 13.2. The van der Waals surface area contributed by atoms with Gasteiger partial charge in [-0.1, -0.05) is 6.07 Å². The molecule has 3 N–H and O–H groups in total. The summed E-state index contributed by atoms with van der Waals surface area (Å²) in [6.07, 6.45) is 3.74. The molecule has 10 nitrogen and oxygen atoms in total. The smallest absolute Gasteiger partial charge is 0.278 e. The van der Waals surface area contributed by atoms with Crippen LogP contribution in [0.4, 0.5) is 31.7 Å². The number of carbonyl (C=O) groups excluding carboxylic acids is 2. The number of carbonyl (C=O) groups is 2. The van der Waals surface area contributed by atoms with Crippen LogP contribution in [0.2, 0.25) is 0 Å². The number of rotatable bonds is 10. The fourth-order valence-electron chi connectivity index (χ4n) is 3.62. The fourth-order valence-corrected chi connectivity index (χ4v) is 4.13. The molecule has 2 aliphatic carbocycles. The van der Waals surface area contributed by atoms with Crippen LogP contribution in [-0.2, 0) is 19.7 Å². The van der Waals surface area contributed by atoms with E-state index in [2.05, 4.69) is 21.1 Å². The number of halogens is 2. The molecule has 2 aliphatic rings. The van der Waals surface area contributed by atoms with Crippen LogP contribution in [0.1, 0.15) is 48.0 Å². The molecule has 1 unspecified atom stereocenters. The number of anilines is 4. The maximum Gasteiger partial charge on any atom is 0.278 e. The van der Waals surface area contributed by atoms with Gasteiger partial charge >= 0.3 is 0 Å². The van der Waals surface area contributed by atoms with Gasteiger partial charge in [-0.2, -0.15) is 0 Å². The summed E-state index contributed by atoms with van der Waals surface area (Å²) in [5, 5.41) is 5.40. The summed E-state index contributed by atoms with van der Waals surface area (Å²) in [6, 6.07) is 6.68. The van der Waals surface area contributed by atoms with Crippen molar-refractivity contribution in [2.45, 2.75) is 38.0 Å². The largest absolute Gasteiger partial charge is 0.353 e. The molecule has 0 aliphatic heterocycles. The van der Waals surface area contributed by atoms with Crippen molar-refractivity contribution in [1.82, 2.24) is 10.5 Å². The zero-order chi connectivity index (χ0) is 26.3. The molecule has 2 aromatic rings. The molecule has 13 heteroatoms. The molecular formula is C23H27F2N5O5S. The maximum absolute atomic E-state index is 13.3. The molecule has 2 saturated carbocycles. The molecule has 1 atom stereocenters. The first kappa shape index (κ1) is 25.8. The van der Waals surface area contributed by atoms with Gasteiger partial charge in [-0.3, -0.25) is 18.7 Å². The highest BCUT2D eigenvalue weighted by atomic mass is 32.2. The SMILES string of the molecule is CCONC(=O)c1cnc(NC(=O)C2CC2(F)F)cc1Nc1ccc(C2CC2)cc1N(C)S(C)(=O)=O. The van der Waals surface area contributed by atoms with Crippen molar-refractivity contribution in [1.29, 1.82) is 0 Å². The van der Waals surface area contributed by atoms with Gasteiger partial charge in [0.15, 0.2) is 0 Å². The van der Waals surface area contributed by atoms with E-state index in [1.54, 1.807) is 19.1 Å². The number of nitrogens with zero attached hydrogens (tertiary/aromatic N) is 2. The Morgan fingerprint density at radius 1 is 1.22 bits per heavy atom. The number of hydrogen-bond acceptors (Lipinski definition) is 7. The lowest BCUT2D eigenvalue weighted by atomic mass is 10.1. The summed E-state index contributed by atoms with van der Waals surface area (Å²) in [5.41, 5.74) is 4.16. The van der Waals surface area contributed by atoms with Crippen LogP contribution in [0.3, 0.4) is 0 Å². The van der Waals surface area contributed by atoms with Crippen molar-refractivity contribution in [2.75, 3.05) is 34.8 Å². The molecule has 1 heterocycles. The highest BCUT2D eigenvalue weighted by Gasteiger charge is 2.61. The summed E-state index contributed by atoms with van der Waals surface area (Å²) in [7, 11) is -2.20. The number of benzene rings is 1. The quantitative estimate of drug-likeness (QED) is 0.407. The van der Waals surface area contributed by atoms with Gasteiger partial charge in [0.05, 0.1) is 35.5 Å². The second-order valence-corrected chi connectivity index (χ2v) is 10.9. The van der Waals surface area contributed by atoms with Gasteiger partial charge in [-0.15, -0.1) is 0 Å². The van der Waals surface area contributed by atoms with Crippen LogP contribution >= 0.6 is 0 Å². The lowest BCUT2D eigenvalue weighted by Gasteiger charge is -2.23. The molecular weight excluding hydrogens is 496 g/mol. The molecule has 4 rings (SSSR count). The van der Waals surface area contributed by atoms with E-state index in [1.807, 2.05) is 6.07 Å². The number of nitrogens with one attached hydrogen (secondary N) is 3. The highest BCUT2D eigenvalue weighted by Crippen LogP contribution is 2.49. The summed E-state index contributed by atoms with van der Waals surface area (Å²) in [6.45, 7) is 1.89. The molecule has 36 heavy (non-hydrogen) atoms. The van der Waals surface area contributed by atoms with E-state index in [1.165, 1.54) is 13.1 Å². The van der Waals surface area contributed by atoms with Crippen LogP contribution < -0.4 is 20.4 Å². The Morgan fingerprint density at radius 2 is 1.92 bits per heavy atom. The molecule has 2 amide bonds. The van der Waals surface area contributed by atoms with Crippen LogP contribution in [0.25, 0.3) is 0 Å². The molecule has 194 valence electrons. The summed E-state index contributed by atoms with van der Waals surface area (Å²) in [4.78, 5) is 33.8. The zero-order valence-corrected chi connectivity index (χ0v) is 20.8. The second kappa shape index (κ2) is 9.62. The van der Waals surface area contributed by atoms with Crippen molar-refractivity contribution in [3.05, 3.63) is 41.6 Å². The van der Waals surface area contributed by atoms with Gasteiger partial charge in [0.25, 0.3) is 11.8 Å². The van der Waals surface area contributed by atoms with Gasteiger partial charge in [0.1, 0.15) is 11.7 Å². The average Bonchev–Trinajstić information content (AvgIpc) is 3.74. The zero-order valence-electron chi connectivity index (χ0n) is 20.0. The van der Waals surface area contributed by atoms with Crippen LogP contribution in [0.5, 0.6) is 0 Å². The van der Waals surface area contributed by atoms with E-state index in [4.69, 9.17) is 4.84 Å². The Morgan fingerprint density at radius 3 is 2.50 bits per heavy atom. The topological polar surface area (TPSA) is 130 Å². The minimum Gasteiger partial charge on any atom is -0.353 e. The van der Waals surface area contributed by atoms with Gasteiger partial charge < -0.3 is 10.6 Å². The maximum atomic E-state index is 13.3. The normalized spacial score (nSPS) is 18.3. The molecule has 2 fully saturated rings. The number of pyridine rings is 1. The van der Waals surface area contributed by atoms with Gasteiger partial charge in [0, 0.05) is 25.7 Å². The minimum absolute atomic E-state index is 0.0254. The fraction of sp³-hybridized carbons (Fsp3) is 0.435. The predicted molar refractivity (Wildman–Crippen MR) is 130 cm³/mol. The highest BCUT2D eigenvalue weighted by molar-refractivity contribution is 7.92. The predicted octanol–water partition coefficient (Wildman–Crippen LogP) is 3.37. The molecule has 0 saturated heterocycles. The molecule has 1 aromatic carbocycles. The van der Waals surface area contributed by atoms with Gasteiger partial charge in [-0.05, 0) is 43.4 Å². The number of sulfonamides is 1. The van der Waals surface area contributed by atoms with E-state index >= 15 is 0 Å². The minimum atomic E-state index is -3.62. The Hall–Kier alpha value is -3.32. The van der Waals surface area contributed by atoms with Crippen molar-refractivity contribution in [3.63, 3.8) is 0 Å².